The number of pyridine rings is 1. The number of esters is 1. The number of hydrogen-bond acceptors (Lipinski definition) is 7. The van der Waals surface area contributed by atoms with Gasteiger partial charge in [0.25, 0.3) is 0 Å². The number of aromatic nitrogens is 1. The number of carbonyl (C=O) groups excluding carboxylic acids is 1. The van der Waals surface area contributed by atoms with Gasteiger partial charge in [0.2, 0.25) is 5.28 Å². The Morgan fingerprint density at radius 2 is 2.19 bits per heavy atom. The van der Waals surface area contributed by atoms with E-state index in [-0.39, 0.29) is 19.3 Å². The van der Waals surface area contributed by atoms with Crippen LogP contribution in [0.1, 0.15) is 48.3 Å². The molecule has 0 aliphatic carbocycles. The topological polar surface area (TPSA) is 99.3 Å². The summed E-state index contributed by atoms with van der Waals surface area (Å²) < 4.78 is 11.7. The van der Waals surface area contributed by atoms with Crippen molar-refractivity contribution in [3.63, 3.8) is 0 Å². The predicted molar refractivity (Wildman–Crippen MR) is 110 cm³/mol. The number of rotatable bonds is 6. The molecule has 2 aliphatic heterocycles. The largest absolute Gasteiger partial charge is 0.569 e. The summed E-state index contributed by atoms with van der Waals surface area (Å²) in [6, 6.07) is 6.66. The summed E-state index contributed by atoms with van der Waals surface area (Å²) in [5, 5.41) is 17.5. The Labute approximate surface area is 184 Å². The summed E-state index contributed by atoms with van der Waals surface area (Å²) in [5.74, 6) is -0.150. The molecule has 0 bridgehead atoms. The lowest BCUT2D eigenvalue weighted by molar-refractivity contribution is -0.711. The van der Waals surface area contributed by atoms with Gasteiger partial charge in [-0.05, 0) is 44.4 Å². The molecular weight excluding hydrogens is 424 g/mol. The van der Waals surface area contributed by atoms with Gasteiger partial charge in [-0.3, -0.25) is 4.98 Å². The lowest BCUT2D eigenvalue weighted by Crippen LogP contribution is -2.42. The number of carbonyl (C=O) groups is 1. The molecule has 9 nitrogen and oxygen atoms in total. The molecule has 10 heteroatoms. The second-order valence-corrected chi connectivity index (χ2v) is 7.78. The van der Waals surface area contributed by atoms with E-state index in [4.69, 9.17) is 25.9 Å². The van der Waals surface area contributed by atoms with Crippen molar-refractivity contribution in [1.29, 1.82) is 0 Å². The first kappa shape index (κ1) is 21.3. The van der Waals surface area contributed by atoms with Gasteiger partial charge >= 0.3 is 5.97 Å². The van der Waals surface area contributed by atoms with Crippen molar-refractivity contribution < 1.29 is 24.1 Å². The Morgan fingerprint density at radius 3 is 2.94 bits per heavy atom. The number of benzene rings is 1. The third-order valence-electron chi connectivity index (χ3n) is 5.37. The van der Waals surface area contributed by atoms with E-state index in [0.717, 1.165) is 16.7 Å². The molecule has 0 N–H and O–H groups in total. The van der Waals surface area contributed by atoms with Gasteiger partial charge in [-0.15, -0.1) is 5.01 Å². The Hall–Kier alpha value is -2.91. The van der Waals surface area contributed by atoms with E-state index < -0.39 is 12.0 Å². The molecular formula is C21H23ClN4O5. The van der Waals surface area contributed by atoms with Crippen LogP contribution in [-0.4, -0.2) is 40.1 Å². The zero-order valence-corrected chi connectivity index (χ0v) is 18.0. The highest BCUT2D eigenvalue weighted by Gasteiger charge is 2.40. The Kier molecular flexibility index (Phi) is 6.24. The van der Waals surface area contributed by atoms with Crippen molar-refractivity contribution in [3.8, 4) is 5.75 Å². The number of fused-ring (bicyclic) bond motifs is 1. The average molecular weight is 447 g/mol. The fraction of sp³-hybridized carbons (Fsp3) is 0.429. The molecule has 3 heterocycles. The lowest BCUT2D eigenvalue weighted by atomic mass is 10.0. The van der Waals surface area contributed by atoms with Crippen LogP contribution in [0.25, 0.3) is 0 Å². The first-order chi connectivity index (χ1) is 15.0. The molecule has 2 aromatic rings. The van der Waals surface area contributed by atoms with Crippen molar-refractivity contribution in [2.75, 3.05) is 13.2 Å². The molecule has 1 aromatic heterocycles. The smallest absolute Gasteiger partial charge is 0.340 e. The summed E-state index contributed by atoms with van der Waals surface area (Å²) in [7, 11) is 0. The first-order valence-corrected chi connectivity index (χ1v) is 10.5. The molecule has 1 fully saturated rings. The van der Waals surface area contributed by atoms with Crippen LogP contribution in [0, 0.1) is 12.1 Å². The van der Waals surface area contributed by atoms with E-state index in [9.17, 15) is 10.0 Å². The van der Waals surface area contributed by atoms with Crippen LogP contribution in [-0.2, 0) is 21.0 Å². The first-order valence-electron chi connectivity index (χ1n) is 10.1. The van der Waals surface area contributed by atoms with Crippen LogP contribution in [0.2, 0.25) is 5.02 Å². The van der Waals surface area contributed by atoms with Crippen LogP contribution in [0.4, 0.5) is 0 Å². The molecule has 0 unspecified atom stereocenters. The third-order valence-corrected chi connectivity index (χ3v) is 5.63. The molecule has 164 valence electrons. The minimum Gasteiger partial charge on any atom is -0.569 e. The summed E-state index contributed by atoms with van der Waals surface area (Å²) in [5.41, 5.74) is 3.14. The molecule has 1 saturated heterocycles. The number of aryl methyl sites for hydroxylation is 1. The van der Waals surface area contributed by atoms with E-state index in [0.29, 0.717) is 40.8 Å². The fourth-order valence-corrected chi connectivity index (χ4v) is 3.98. The van der Waals surface area contributed by atoms with E-state index in [2.05, 4.69) is 10.3 Å². The Morgan fingerprint density at radius 1 is 1.42 bits per heavy atom. The van der Waals surface area contributed by atoms with Crippen LogP contribution >= 0.6 is 11.6 Å². The minimum absolute atomic E-state index is 0.261. The average Bonchev–Trinajstić information content (AvgIpc) is 3.42. The molecule has 0 radical (unpaired) electrons. The summed E-state index contributed by atoms with van der Waals surface area (Å²) >= 11 is 5.99. The third kappa shape index (κ3) is 4.28. The SMILES string of the molecule is CCO/N=[N+](/[O-])N1CCC[C@H]1C(=O)Oc1c(C)ncc2c1CO[C@H]2c1ccc(Cl)cc1. The maximum Gasteiger partial charge on any atom is 0.340 e. The van der Waals surface area contributed by atoms with Gasteiger partial charge in [-0.2, -0.15) is 0 Å². The molecule has 0 amide bonds. The molecule has 31 heavy (non-hydrogen) atoms. The fourth-order valence-electron chi connectivity index (χ4n) is 3.85. The van der Waals surface area contributed by atoms with E-state index in [1.54, 1.807) is 32.2 Å². The van der Waals surface area contributed by atoms with Crippen molar-refractivity contribution in [3.05, 3.63) is 63.1 Å². The molecule has 2 aliphatic rings. The highest BCUT2D eigenvalue weighted by Crippen LogP contribution is 2.41. The van der Waals surface area contributed by atoms with Gasteiger partial charge in [-0.25, -0.2) is 4.79 Å². The normalized spacial score (nSPS) is 20.6. The number of hydrazine groups is 1. The zero-order valence-electron chi connectivity index (χ0n) is 17.3. The molecule has 1 aromatic carbocycles. The highest BCUT2D eigenvalue weighted by atomic mass is 35.5. The summed E-state index contributed by atoms with van der Waals surface area (Å²) in [6.07, 6.45) is 2.59. The van der Waals surface area contributed by atoms with Gasteiger partial charge in [0.15, 0.2) is 11.8 Å². The zero-order chi connectivity index (χ0) is 22.0. The van der Waals surface area contributed by atoms with E-state index in [1.807, 2.05) is 12.1 Å². The van der Waals surface area contributed by atoms with Gasteiger partial charge in [0.1, 0.15) is 12.7 Å². The number of ether oxygens (including phenoxy) is 2. The molecule has 2 atom stereocenters. The second kappa shape index (κ2) is 9.07. The van der Waals surface area contributed by atoms with Crippen molar-refractivity contribution >= 4 is 17.6 Å². The number of halogens is 1. The Bertz CT molecular complexity index is 998. The van der Waals surface area contributed by atoms with Crippen LogP contribution in [0.3, 0.4) is 0 Å². The van der Waals surface area contributed by atoms with E-state index in [1.165, 1.54) is 5.01 Å². The quantitative estimate of drug-likeness (QED) is 0.287. The standard InChI is InChI=1S/C21H23ClN4O5/c1-3-30-24-26(28)25-10-4-5-18(25)21(27)31-19-13(2)23-11-16-17(19)12-29-20(16)14-6-8-15(22)9-7-14/h6-9,11,18,20H,3-5,10,12H2,1-2H3/b26-24+/t18-,20-/m0/s1. The van der Waals surface area contributed by atoms with Crippen molar-refractivity contribution in [1.82, 2.24) is 9.99 Å². The Balaban J connectivity index is 1.57. The monoisotopic (exact) mass is 446 g/mol. The minimum atomic E-state index is -0.744. The summed E-state index contributed by atoms with van der Waals surface area (Å²) in [6.45, 7) is 4.44. The van der Waals surface area contributed by atoms with Crippen molar-refractivity contribution in [2.24, 2.45) is 5.28 Å². The van der Waals surface area contributed by atoms with Gasteiger partial charge < -0.3 is 19.5 Å². The second-order valence-electron chi connectivity index (χ2n) is 7.34. The molecule has 0 saturated carbocycles. The number of nitrogens with zero attached hydrogens (tertiary/aromatic N) is 4. The van der Waals surface area contributed by atoms with Gasteiger partial charge in [-0.1, -0.05) is 23.7 Å². The van der Waals surface area contributed by atoms with Gasteiger partial charge in [0, 0.05) is 22.3 Å². The predicted octanol–water partition coefficient (Wildman–Crippen LogP) is 3.86. The maximum absolute atomic E-state index is 12.9. The van der Waals surface area contributed by atoms with Gasteiger partial charge in [0.05, 0.1) is 23.8 Å². The van der Waals surface area contributed by atoms with Crippen LogP contribution in [0.15, 0.2) is 35.7 Å². The number of hydrogen-bond donors (Lipinski definition) is 0. The van der Waals surface area contributed by atoms with Crippen molar-refractivity contribution in [2.45, 2.75) is 45.4 Å². The lowest BCUT2D eigenvalue weighted by Gasteiger charge is -2.20. The summed E-state index contributed by atoms with van der Waals surface area (Å²) in [4.78, 5) is 22.5. The van der Waals surface area contributed by atoms with Crippen LogP contribution < -0.4 is 4.74 Å². The van der Waals surface area contributed by atoms with Crippen LogP contribution in [0.5, 0.6) is 5.75 Å². The maximum atomic E-state index is 12.9. The molecule has 0 spiro atoms. The highest BCUT2D eigenvalue weighted by molar-refractivity contribution is 6.30. The molecule has 4 rings (SSSR count). The van der Waals surface area contributed by atoms with E-state index >= 15 is 0 Å².